The van der Waals surface area contributed by atoms with Crippen LogP contribution in [-0.2, 0) is 11.3 Å². The number of hydrogen-bond acceptors (Lipinski definition) is 5. The average Bonchev–Trinajstić information content (AvgIpc) is 3.57. The molecule has 1 saturated heterocycles. The van der Waals surface area contributed by atoms with Gasteiger partial charge in [-0.05, 0) is 38.0 Å². The third-order valence-corrected chi connectivity index (χ3v) is 5.95. The largest absolute Gasteiger partial charge is 0.378 e. The molecule has 2 fully saturated rings. The highest BCUT2D eigenvalue weighted by Crippen LogP contribution is 2.37. The lowest BCUT2D eigenvalue weighted by atomic mass is 10.0. The van der Waals surface area contributed by atoms with Crippen molar-refractivity contribution in [3.05, 3.63) is 71.3 Å². The van der Waals surface area contributed by atoms with Gasteiger partial charge >= 0.3 is 0 Å². The van der Waals surface area contributed by atoms with Crippen LogP contribution in [0.15, 0.2) is 59.1 Å². The molecule has 6 heteroatoms. The fourth-order valence-electron chi connectivity index (χ4n) is 4.15. The first kappa shape index (κ1) is 19.8. The van der Waals surface area contributed by atoms with Crippen LogP contribution in [-0.4, -0.2) is 48.3 Å². The number of morpholine rings is 1. The minimum absolute atomic E-state index is 0.0624. The van der Waals surface area contributed by atoms with Gasteiger partial charge in [0.2, 0.25) is 5.88 Å². The number of amides is 1. The van der Waals surface area contributed by atoms with Crippen molar-refractivity contribution in [1.29, 1.82) is 0 Å². The van der Waals surface area contributed by atoms with Gasteiger partial charge in [0.15, 0.2) is 0 Å². The molecule has 0 bridgehead atoms. The van der Waals surface area contributed by atoms with Crippen molar-refractivity contribution >= 4 is 11.8 Å². The lowest BCUT2D eigenvalue weighted by Gasteiger charge is -2.28. The molecule has 2 heterocycles. The summed E-state index contributed by atoms with van der Waals surface area (Å²) in [6.07, 6.45) is 2.08. The van der Waals surface area contributed by atoms with Gasteiger partial charge in [0, 0.05) is 30.3 Å². The number of benzene rings is 2. The summed E-state index contributed by atoms with van der Waals surface area (Å²) in [4.78, 5) is 17.6. The van der Waals surface area contributed by atoms with E-state index in [1.54, 1.807) is 0 Å². The monoisotopic (exact) mass is 417 g/mol. The van der Waals surface area contributed by atoms with Gasteiger partial charge in [0.1, 0.15) is 5.69 Å². The summed E-state index contributed by atoms with van der Waals surface area (Å²) in [5, 5.41) is 4.47. The van der Waals surface area contributed by atoms with Gasteiger partial charge in [0.25, 0.3) is 5.91 Å². The first-order chi connectivity index (χ1) is 15.2. The van der Waals surface area contributed by atoms with Crippen LogP contribution >= 0.6 is 0 Å². The zero-order chi connectivity index (χ0) is 21.2. The summed E-state index contributed by atoms with van der Waals surface area (Å²) < 4.78 is 11.4. The number of hydrogen-bond donors (Lipinski definition) is 0. The van der Waals surface area contributed by atoms with Crippen molar-refractivity contribution < 1.29 is 14.1 Å². The van der Waals surface area contributed by atoms with Crippen molar-refractivity contribution in [2.24, 2.45) is 0 Å². The topological polar surface area (TPSA) is 58.8 Å². The SMILES string of the molecule is Cc1cccc(-c2noc(N3CCOCC3)c2CN(C(=O)c2ccccc2)C2CC2)c1. The fraction of sp³-hybridized carbons (Fsp3) is 0.360. The van der Waals surface area contributed by atoms with E-state index in [1.807, 2.05) is 41.3 Å². The molecule has 0 radical (unpaired) electrons. The molecule has 2 aromatic carbocycles. The van der Waals surface area contributed by atoms with Crippen LogP contribution in [0.4, 0.5) is 5.88 Å². The molecular weight excluding hydrogens is 390 g/mol. The molecule has 1 aliphatic carbocycles. The van der Waals surface area contributed by atoms with E-state index in [4.69, 9.17) is 9.26 Å². The fourth-order valence-corrected chi connectivity index (χ4v) is 4.15. The van der Waals surface area contributed by atoms with E-state index in [0.29, 0.717) is 19.8 Å². The van der Waals surface area contributed by atoms with Crippen molar-refractivity contribution in [3.63, 3.8) is 0 Å². The molecule has 3 aromatic rings. The van der Waals surface area contributed by atoms with Gasteiger partial charge in [-0.15, -0.1) is 0 Å². The van der Waals surface area contributed by atoms with E-state index in [-0.39, 0.29) is 11.9 Å². The predicted octanol–water partition coefficient (Wildman–Crippen LogP) is 4.29. The second kappa shape index (κ2) is 8.55. The maximum Gasteiger partial charge on any atom is 0.254 e. The minimum Gasteiger partial charge on any atom is -0.378 e. The smallest absolute Gasteiger partial charge is 0.254 e. The molecule has 1 aliphatic heterocycles. The van der Waals surface area contributed by atoms with Gasteiger partial charge in [-0.2, -0.15) is 0 Å². The van der Waals surface area contributed by atoms with Crippen LogP contribution in [0.25, 0.3) is 11.3 Å². The molecule has 0 atom stereocenters. The van der Waals surface area contributed by atoms with Gasteiger partial charge in [-0.3, -0.25) is 4.79 Å². The van der Waals surface area contributed by atoms with Gasteiger partial charge in [0.05, 0.1) is 25.3 Å². The van der Waals surface area contributed by atoms with Crippen molar-refractivity contribution in [2.45, 2.75) is 32.4 Å². The number of nitrogens with zero attached hydrogens (tertiary/aromatic N) is 3. The number of carbonyl (C=O) groups is 1. The van der Waals surface area contributed by atoms with Crippen LogP contribution in [0, 0.1) is 6.92 Å². The van der Waals surface area contributed by atoms with Crippen molar-refractivity contribution in [2.75, 3.05) is 31.2 Å². The highest BCUT2D eigenvalue weighted by atomic mass is 16.5. The summed E-state index contributed by atoms with van der Waals surface area (Å²) in [6.45, 7) is 5.39. The first-order valence-electron chi connectivity index (χ1n) is 10.9. The number of rotatable bonds is 6. The van der Waals surface area contributed by atoms with Gasteiger partial charge in [-0.25, -0.2) is 0 Å². The second-order valence-electron chi connectivity index (χ2n) is 8.31. The Morgan fingerprint density at radius 1 is 1.10 bits per heavy atom. The molecule has 1 amide bonds. The molecule has 0 spiro atoms. The van der Waals surface area contributed by atoms with Crippen LogP contribution in [0.3, 0.4) is 0 Å². The van der Waals surface area contributed by atoms with Crippen molar-refractivity contribution in [1.82, 2.24) is 10.1 Å². The van der Waals surface area contributed by atoms with Crippen LogP contribution < -0.4 is 4.90 Å². The Labute approximate surface area is 182 Å². The molecule has 0 unspecified atom stereocenters. The maximum atomic E-state index is 13.4. The number of ether oxygens (including phenoxy) is 1. The molecule has 31 heavy (non-hydrogen) atoms. The molecule has 5 rings (SSSR count). The molecular formula is C25H27N3O3. The summed E-state index contributed by atoms with van der Waals surface area (Å²) in [6, 6.07) is 18.1. The highest BCUT2D eigenvalue weighted by molar-refractivity contribution is 5.94. The van der Waals surface area contributed by atoms with Gasteiger partial charge < -0.3 is 19.1 Å². The zero-order valence-corrected chi connectivity index (χ0v) is 17.8. The predicted molar refractivity (Wildman–Crippen MR) is 119 cm³/mol. The van der Waals surface area contributed by atoms with E-state index in [1.165, 1.54) is 5.56 Å². The van der Waals surface area contributed by atoms with Crippen LogP contribution in [0.5, 0.6) is 0 Å². The number of carbonyl (C=O) groups excluding carboxylic acids is 1. The van der Waals surface area contributed by atoms with Gasteiger partial charge in [-0.1, -0.05) is 47.1 Å². The lowest BCUT2D eigenvalue weighted by molar-refractivity contribution is 0.0729. The zero-order valence-electron chi connectivity index (χ0n) is 17.8. The normalized spacial score (nSPS) is 16.4. The van der Waals surface area contributed by atoms with Crippen LogP contribution in [0.1, 0.15) is 34.3 Å². The summed E-state index contributed by atoms with van der Waals surface area (Å²) in [7, 11) is 0. The third-order valence-electron chi connectivity index (χ3n) is 5.95. The average molecular weight is 418 g/mol. The Hall–Kier alpha value is -3.12. The molecule has 1 aromatic heterocycles. The van der Waals surface area contributed by atoms with E-state index < -0.39 is 0 Å². The van der Waals surface area contributed by atoms with Crippen molar-refractivity contribution in [3.8, 4) is 11.3 Å². The molecule has 6 nitrogen and oxygen atoms in total. The Morgan fingerprint density at radius 2 is 1.87 bits per heavy atom. The summed E-state index contributed by atoms with van der Waals surface area (Å²) in [5.41, 5.74) is 4.69. The number of aromatic nitrogens is 1. The minimum atomic E-state index is 0.0624. The molecule has 0 N–H and O–H groups in total. The van der Waals surface area contributed by atoms with E-state index in [9.17, 15) is 4.79 Å². The van der Waals surface area contributed by atoms with E-state index >= 15 is 0 Å². The van der Waals surface area contributed by atoms with E-state index in [0.717, 1.165) is 54.2 Å². The molecule has 2 aliphatic rings. The highest BCUT2D eigenvalue weighted by Gasteiger charge is 2.36. The molecule has 160 valence electrons. The summed E-state index contributed by atoms with van der Waals surface area (Å²) in [5.74, 6) is 0.818. The Bertz CT molecular complexity index is 1050. The third kappa shape index (κ3) is 4.21. The number of anilines is 1. The molecule has 1 saturated carbocycles. The Morgan fingerprint density at radius 3 is 2.58 bits per heavy atom. The lowest BCUT2D eigenvalue weighted by Crippen LogP contribution is -2.37. The number of aryl methyl sites for hydroxylation is 1. The Balaban J connectivity index is 1.53. The second-order valence-corrected chi connectivity index (χ2v) is 8.31. The van der Waals surface area contributed by atoms with Crippen LogP contribution in [0.2, 0.25) is 0 Å². The first-order valence-corrected chi connectivity index (χ1v) is 10.9. The Kier molecular flexibility index (Phi) is 5.47. The standard InChI is InChI=1S/C25H27N3O3/c1-18-6-5-9-20(16-18)23-22(25(31-26-23)27-12-14-30-15-13-27)17-28(21-10-11-21)24(29)19-7-3-2-4-8-19/h2-9,16,21H,10-15,17H2,1H3. The maximum absolute atomic E-state index is 13.4. The summed E-state index contributed by atoms with van der Waals surface area (Å²) >= 11 is 0. The quantitative estimate of drug-likeness (QED) is 0.599. The van der Waals surface area contributed by atoms with E-state index in [2.05, 4.69) is 35.2 Å².